The van der Waals surface area contributed by atoms with Gasteiger partial charge in [-0.25, -0.2) is 9.97 Å². The van der Waals surface area contributed by atoms with Crippen LogP contribution in [0, 0.1) is 6.92 Å². The second kappa shape index (κ2) is 5.20. The highest BCUT2D eigenvalue weighted by atomic mass is 32.1. The largest absolute Gasteiger partial charge is 0.327 e. The Hall–Kier alpha value is -1.20. The molecular weight excluding hydrogens is 244 g/mol. The van der Waals surface area contributed by atoms with E-state index < -0.39 is 0 Å². The fourth-order valence-corrected chi connectivity index (χ4v) is 3.12. The number of imidazole rings is 1. The molecule has 2 aromatic rings. The Kier molecular flexibility index (Phi) is 3.43. The van der Waals surface area contributed by atoms with Crippen LogP contribution in [0.4, 0.5) is 0 Å². The summed E-state index contributed by atoms with van der Waals surface area (Å²) in [6.45, 7) is 4.00. The summed E-state index contributed by atoms with van der Waals surface area (Å²) in [5.41, 5.74) is 2.42. The lowest BCUT2D eigenvalue weighted by Gasteiger charge is -2.24. The zero-order valence-electron chi connectivity index (χ0n) is 10.6. The van der Waals surface area contributed by atoms with E-state index in [0.717, 1.165) is 23.8 Å². The summed E-state index contributed by atoms with van der Waals surface area (Å²) >= 11 is 1.71. The molecule has 3 heterocycles. The minimum Gasteiger partial charge on any atom is -0.327 e. The van der Waals surface area contributed by atoms with Crippen LogP contribution >= 0.6 is 11.3 Å². The summed E-state index contributed by atoms with van der Waals surface area (Å²) < 4.78 is 2.22. The molecule has 96 valence electrons. The molecule has 1 atom stereocenters. The number of rotatable bonds is 3. The molecule has 18 heavy (non-hydrogen) atoms. The van der Waals surface area contributed by atoms with E-state index in [9.17, 15) is 0 Å². The molecular formula is C13H18N4S. The predicted octanol–water partition coefficient (Wildman–Crippen LogP) is 2.51. The standard InChI is InChI=1S/C13H18N4S/c1-10-16-11(8-18-10)7-17-9-14-6-13(17)12-4-2-3-5-15-12/h6,8-9,12,15H,2-5,7H2,1H3. The molecule has 0 radical (unpaired) electrons. The third-order valence-corrected chi connectivity index (χ3v) is 4.23. The van der Waals surface area contributed by atoms with E-state index in [0.29, 0.717) is 6.04 Å². The van der Waals surface area contributed by atoms with Gasteiger partial charge >= 0.3 is 0 Å². The summed E-state index contributed by atoms with van der Waals surface area (Å²) in [5.74, 6) is 0. The third-order valence-electron chi connectivity index (χ3n) is 3.41. The molecule has 1 saturated heterocycles. The molecule has 1 unspecified atom stereocenters. The Labute approximate surface area is 111 Å². The van der Waals surface area contributed by atoms with E-state index in [-0.39, 0.29) is 0 Å². The van der Waals surface area contributed by atoms with E-state index in [1.54, 1.807) is 11.3 Å². The van der Waals surface area contributed by atoms with Crippen molar-refractivity contribution in [2.24, 2.45) is 0 Å². The molecule has 0 aromatic carbocycles. The summed E-state index contributed by atoms with van der Waals surface area (Å²) in [4.78, 5) is 8.82. The van der Waals surface area contributed by atoms with E-state index in [2.05, 4.69) is 25.2 Å². The van der Waals surface area contributed by atoms with Gasteiger partial charge in [0.15, 0.2) is 0 Å². The molecule has 1 fully saturated rings. The number of hydrogen-bond donors (Lipinski definition) is 1. The van der Waals surface area contributed by atoms with Crippen molar-refractivity contribution in [2.45, 2.75) is 38.8 Å². The first-order chi connectivity index (χ1) is 8.83. The Morgan fingerprint density at radius 2 is 2.44 bits per heavy atom. The van der Waals surface area contributed by atoms with Crippen molar-refractivity contribution in [3.8, 4) is 0 Å². The second-order valence-corrected chi connectivity index (χ2v) is 5.87. The lowest BCUT2D eigenvalue weighted by atomic mass is 10.0. The molecule has 4 nitrogen and oxygen atoms in total. The SMILES string of the molecule is Cc1nc(Cn2cncc2C2CCCCN2)cs1. The van der Waals surface area contributed by atoms with Gasteiger partial charge in [0, 0.05) is 17.6 Å². The van der Waals surface area contributed by atoms with Crippen LogP contribution in [0.5, 0.6) is 0 Å². The van der Waals surface area contributed by atoms with E-state index >= 15 is 0 Å². The highest BCUT2D eigenvalue weighted by Crippen LogP contribution is 2.23. The number of nitrogens with zero attached hydrogens (tertiary/aromatic N) is 3. The van der Waals surface area contributed by atoms with E-state index in [1.807, 2.05) is 19.4 Å². The number of hydrogen-bond acceptors (Lipinski definition) is 4. The van der Waals surface area contributed by atoms with Crippen molar-refractivity contribution in [1.29, 1.82) is 0 Å². The molecule has 5 heteroatoms. The quantitative estimate of drug-likeness (QED) is 0.924. The highest BCUT2D eigenvalue weighted by molar-refractivity contribution is 7.09. The summed E-state index contributed by atoms with van der Waals surface area (Å²) in [6, 6.07) is 0.459. The molecule has 0 saturated carbocycles. The van der Waals surface area contributed by atoms with Crippen molar-refractivity contribution >= 4 is 11.3 Å². The average Bonchev–Trinajstić information content (AvgIpc) is 3.00. The summed E-state index contributed by atoms with van der Waals surface area (Å²) in [5, 5.41) is 6.83. The first kappa shape index (κ1) is 11.9. The average molecular weight is 262 g/mol. The van der Waals surface area contributed by atoms with Gasteiger partial charge in [-0.2, -0.15) is 0 Å². The molecule has 0 bridgehead atoms. The first-order valence-corrected chi connectivity index (χ1v) is 7.35. The van der Waals surface area contributed by atoms with Crippen molar-refractivity contribution in [2.75, 3.05) is 6.54 Å². The molecule has 1 aliphatic heterocycles. The minimum absolute atomic E-state index is 0.459. The highest BCUT2D eigenvalue weighted by Gasteiger charge is 2.18. The first-order valence-electron chi connectivity index (χ1n) is 6.47. The Morgan fingerprint density at radius 1 is 1.50 bits per heavy atom. The van der Waals surface area contributed by atoms with Crippen LogP contribution in [-0.4, -0.2) is 21.1 Å². The Balaban J connectivity index is 1.78. The van der Waals surface area contributed by atoms with Crippen LogP contribution in [-0.2, 0) is 6.54 Å². The fourth-order valence-electron chi connectivity index (χ4n) is 2.51. The maximum atomic E-state index is 4.52. The van der Waals surface area contributed by atoms with Gasteiger partial charge < -0.3 is 9.88 Å². The number of nitrogens with one attached hydrogen (secondary N) is 1. The van der Waals surface area contributed by atoms with Crippen LogP contribution in [0.3, 0.4) is 0 Å². The second-order valence-electron chi connectivity index (χ2n) is 4.81. The number of piperidine rings is 1. The minimum atomic E-state index is 0.459. The smallest absolute Gasteiger partial charge is 0.0952 e. The summed E-state index contributed by atoms with van der Waals surface area (Å²) in [7, 11) is 0. The van der Waals surface area contributed by atoms with Crippen molar-refractivity contribution < 1.29 is 0 Å². The fraction of sp³-hybridized carbons (Fsp3) is 0.538. The predicted molar refractivity (Wildman–Crippen MR) is 72.8 cm³/mol. The molecule has 0 spiro atoms. The van der Waals surface area contributed by atoms with Gasteiger partial charge in [0.25, 0.3) is 0 Å². The molecule has 3 rings (SSSR count). The van der Waals surface area contributed by atoms with Gasteiger partial charge in [-0.1, -0.05) is 6.42 Å². The van der Waals surface area contributed by atoms with Crippen LogP contribution in [0.1, 0.15) is 41.7 Å². The normalized spacial score (nSPS) is 20.2. The van der Waals surface area contributed by atoms with Gasteiger partial charge in [-0.15, -0.1) is 11.3 Å². The zero-order chi connectivity index (χ0) is 12.4. The van der Waals surface area contributed by atoms with Gasteiger partial charge in [0.1, 0.15) is 0 Å². The van der Waals surface area contributed by atoms with Crippen molar-refractivity contribution in [1.82, 2.24) is 19.9 Å². The van der Waals surface area contributed by atoms with Crippen LogP contribution in [0.15, 0.2) is 17.9 Å². The van der Waals surface area contributed by atoms with Gasteiger partial charge in [-0.3, -0.25) is 0 Å². The third kappa shape index (κ3) is 2.47. The van der Waals surface area contributed by atoms with Crippen molar-refractivity contribution in [3.05, 3.63) is 34.3 Å². The molecule has 1 N–H and O–H groups in total. The maximum Gasteiger partial charge on any atom is 0.0952 e. The molecule has 0 aliphatic carbocycles. The van der Waals surface area contributed by atoms with Crippen LogP contribution in [0.2, 0.25) is 0 Å². The van der Waals surface area contributed by atoms with E-state index in [1.165, 1.54) is 25.0 Å². The Morgan fingerprint density at radius 3 is 3.17 bits per heavy atom. The van der Waals surface area contributed by atoms with Gasteiger partial charge in [0.05, 0.1) is 29.3 Å². The number of aromatic nitrogens is 3. The monoisotopic (exact) mass is 262 g/mol. The summed E-state index contributed by atoms with van der Waals surface area (Å²) in [6.07, 6.45) is 7.71. The van der Waals surface area contributed by atoms with E-state index in [4.69, 9.17) is 0 Å². The lowest BCUT2D eigenvalue weighted by molar-refractivity contribution is 0.395. The maximum absolute atomic E-state index is 4.52. The lowest BCUT2D eigenvalue weighted by Crippen LogP contribution is -2.28. The Bertz CT molecular complexity index is 511. The molecule has 1 aliphatic rings. The van der Waals surface area contributed by atoms with Gasteiger partial charge in [-0.05, 0) is 26.3 Å². The topological polar surface area (TPSA) is 42.7 Å². The molecule has 2 aromatic heterocycles. The van der Waals surface area contributed by atoms with Crippen LogP contribution < -0.4 is 5.32 Å². The number of aryl methyl sites for hydroxylation is 1. The number of thiazole rings is 1. The van der Waals surface area contributed by atoms with Crippen molar-refractivity contribution in [3.63, 3.8) is 0 Å². The molecule has 0 amide bonds. The van der Waals surface area contributed by atoms with Gasteiger partial charge in [0.2, 0.25) is 0 Å². The van der Waals surface area contributed by atoms with Crippen LogP contribution in [0.25, 0.3) is 0 Å². The zero-order valence-corrected chi connectivity index (χ0v) is 11.4.